The van der Waals surface area contributed by atoms with Crippen molar-refractivity contribution in [3.63, 3.8) is 0 Å². The third-order valence-corrected chi connectivity index (χ3v) is 3.02. The molecule has 0 heterocycles. The molecule has 0 aliphatic carbocycles. The van der Waals surface area contributed by atoms with Crippen molar-refractivity contribution in [2.75, 3.05) is 17.7 Å². The van der Waals surface area contributed by atoms with E-state index in [0.717, 1.165) is 27.6 Å². The molecule has 2 aromatic carbocycles. The Labute approximate surface area is 107 Å². The van der Waals surface area contributed by atoms with Crippen LogP contribution in [0.2, 0.25) is 5.02 Å². The lowest BCUT2D eigenvalue weighted by Gasteiger charge is -2.09. The van der Waals surface area contributed by atoms with Crippen molar-refractivity contribution >= 4 is 28.7 Å². The Morgan fingerprint density at radius 3 is 2.35 bits per heavy atom. The van der Waals surface area contributed by atoms with Gasteiger partial charge in [-0.1, -0.05) is 23.7 Å². The van der Waals surface area contributed by atoms with Gasteiger partial charge in [0.25, 0.3) is 0 Å². The molecule has 88 valence electrons. The molecule has 0 atom stereocenters. The van der Waals surface area contributed by atoms with Gasteiger partial charge in [0.1, 0.15) is 0 Å². The number of hydrogen-bond acceptors (Lipinski definition) is 2. The molecule has 0 bridgehead atoms. The van der Waals surface area contributed by atoms with Gasteiger partial charge in [0.15, 0.2) is 0 Å². The summed E-state index contributed by atoms with van der Waals surface area (Å²) in [4.78, 5) is 0. The van der Waals surface area contributed by atoms with E-state index in [1.807, 2.05) is 56.4 Å². The summed E-state index contributed by atoms with van der Waals surface area (Å²) in [7, 11) is 1.90. The highest BCUT2D eigenvalue weighted by molar-refractivity contribution is 6.31. The van der Waals surface area contributed by atoms with Gasteiger partial charge in [-0.25, -0.2) is 0 Å². The van der Waals surface area contributed by atoms with E-state index in [0.29, 0.717) is 0 Å². The molecule has 0 aliphatic rings. The lowest BCUT2D eigenvalue weighted by molar-refractivity contribution is 1.45. The van der Waals surface area contributed by atoms with Gasteiger partial charge >= 0.3 is 0 Å². The number of aryl methyl sites for hydroxylation is 1. The first-order chi connectivity index (χ1) is 8.19. The minimum atomic E-state index is 0.778. The monoisotopic (exact) mass is 246 g/mol. The van der Waals surface area contributed by atoms with E-state index in [-0.39, 0.29) is 0 Å². The molecule has 3 heteroatoms. The lowest BCUT2D eigenvalue weighted by Crippen LogP contribution is -1.93. The minimum Gasteiger partial charge on any atom is -0.388 e. The fourth-order valence-corrected chi connectivity index (χ4v) is 1.77. The highest BCUT2D eigenvalue weighted by Gasteiger charge is 1.99. The number of hydrogen-bond donors (Lipinski definition) is 2. The van der Waals surface area contributed by atoms with E-state index in [4.69, 9.17) is 11.6 Å². The molecule has 2 aromatic rings. The standard InChI is InChI=1S/C14H15ClN2/c1-10-6-7-13(9-14(10)15)17-12-5-3-4-11(8-12)16-2/h3-9,16-17H,1-2H3. The maximum absolute atomic E-state index is 6.09. The van der Waals surface area contributed by atoms with Crippen molar-refractivity contribution in [3.05, 3.63) is 53.1 Å². The van der Waals surface area contributed by atoms with E-state index >= 15 is 0 Å². The van der Waals surface area contributed by atoms with E-state index in [9.17, 15) is 0 Å². The second-order valence-electron chi connectivity index (χ2n) is 3.92. The summed E-state index contributed by atoms with van der Waals surface area (Å²) >= 11 is 6.09. The lowest BCUT2D eigenvalue weighted by atomic mass is 10.2. The summed E-state index contributed by atoms with van der Waals surface area (Å²) in [5.74, 6) is 0. The largest absolute Gasteiger partial charge is 0.388 e. The first-order valence-corrected chi connectivity index (χ1v) is 5.88. The normalized spacial score (nSPS) is 10.1. The topological polar surface area (TPSA) is 24.1 Å². The van der Waals surface area contributed by atoms with Crippen LogP contribution in [0, 0.1) is 6.92 Å². The summed E-state index contributed by atoms with van der Waals surface area (Å²) in [6.45, 7) is 1.99. The zero-order valence-electron chi connectivity index (χ0n) is 9.92. The van der Waals surface area contributed by atoms with Crippen LogP contribution in [-0.4, -0.2) is 7.05 Å². The molecule has 0 radical (unpaired) electrons. The van der Waals surface area contributed by atoms with Crippen LogP contribution in [-0.2, 0) is 0 Å². The third kappa shape index (κ3) is 2.92. The summed E-state index contributed by atoms with van der Waals surface area (Å²) < 4.78 is 0. The molecule has 0 saturated carbocycles. The minimum absolute atomic E-state index is 0.778. The summed E-state index contributed by atoms with van der Waals surface area (Å²) in [5, 5.41) is 7.21. The average molecular weight is 247 g/mol. The van der Waals surface area contributed by atoms with Crippen molar-refractivity contribution in [3.8, 4) is 0 Å². The van der Waals surface area contributed by atoms with Crippen LogP contribution in [0.4, 0.5) is 17.1 Å². The Balaban J connectivity index is 2.22. The van der Waals surface area contributed by atoms with Crippen LogP contribution in [0.25, 0.3) is 0 Å². The van der Waals surface area contributed by atoms with Gasteiger partial charge in [-0.3, -0.25) is 0 Å². The van der Waals surface area contributed by atoms with Gasteiger partial charge < -0.3 is 10.6 Å². The zero-order valence-corrected chi connectivity index (χ0v) is 10.7. The number of benzene rings is 2. The third-order valence-electron chi connectivity index (χ3n) is 2.61. The van der Waals surface area contributed by atoms with Crippen molar-refractivity contribution in [1.29, 1.82) is 0 Å². The highest BCUT2D eigenvalue weighted by Crippen LogP contribution is 2.24. The van der Waals surface area contributed by atoms with Gasteiger partial charge in [0.2, 0.25) is 0 Å². The second kappa shape index (κ2) is 5.11. The van der Waals surface area contributed by atoms with Crippen molar-refractivity contribution in [2.45, 2.75) is 6.92 Å². The Hall–Kier alpha value is -1.67. The molecule has 0 amide bonds. The quantitative estimate of drug-likeness (QED) is 0.837. The SMILES string of the molecule is CNc1cccc(Nc2ccc(C)c(Cl)c2)c1. The van der Waals surface area contributed by atoms with Crippen molar-refractivity contribution in [2.24, 2.45) is 0 Å². The van der Waals surface area contributed by atoms with E-state index in [2.05, 4.69) is 10.6 Å². The van der Waals surface area contributed by atoms with Crippen LogP contribution in [0.1, 0.15) is 5.56 Å². The van der Waals surface area contributed by atoms with E-state index in [1.165, 1.54) is 0 Å². The molecule has 0 unspecified atom stereocenters. The van der Waals surface area contributed by atoms with Crippen LogP contribution in [0.15, 0.2) is 42.5 Å². The van der Waals surface area contributed by atoms with E-state index < -0.39 is 0 Å². The summed E-state index contributed by atoms with van der Waals surface area (Å²) in [5.41, 5.74) is 4.19. The first-order valence-electron chi connectivity index (χ1n) is 5.50. The molecule has 0 aromatic heterocycles. The molecule has 0 spiro atoms. The average Bonchev–Trinajstić information content (AvgIpc) is 2.34. The fraction of sp³-hybridized carbons (Fsp3) is 0.143. The first kappa shape index (κ1) is 11.8. The number of halogens is 1. The van der Waals surface area contributed by atoms with Crippen LogP contribution < -0.4 is 10.6 Å². The number of nitrogens with one attached hydrogen (secondary N) is 2. The maximum Gasteiger partial charge on any atom is 0.0455 e. The van der Waals surface area contributed by atoms with Gasteiger partial charge in [-0.2, -0.15) is 0 Å². The van der Waals surface area contributed by atoms with Crippen LogP contribution >= 0.6 is 11.6 Å². The number of rotatable bonds is 3. The molecule has 0 fully saturated rings. The van der Waals surface area contributed by atoms with Crippen molar-refractivity contribution in [1.82, 2.24) is 0 Å². The van der Waals surface area contributed by atoms with Gasteiger partial charge in [-0.05, 0) is 42.8 Å². The van der Waals surface area contributed by atoms with Gasteiger partial charge in [0.05, 0.1) is 0 Å². The Morgan fingerprint density at radius 2 is 1.65 bits per heavy atom. The Bertz CT molecular complexity index is 523. The Morgan fingerprint density at radius 1 is 0.941 bits per heavy atom. The van der Waals surface area contributed by atoms with Crippen molar-refractivity contribution < 1.29 is 0 Å². The van der Waals surface area contributed by atoms with Gasteiger partial charge in [0, 0.05) is 29.1 Å². The predicted octanol–water partition coefficient (Wildman–Crippen LogP) is 4.43. The summed E-state index contributed by atoms with van der Waals surface area (Å²) in [6.07, 6.45) is 0. The second-order valence-corrected chi connectivity index (χ2v) is 4.33. The molecule has 0 saturated heterocycles. The molecule has 2 N–H and O–H groups in total. The molecule has 2 rings (SSSR count). The van der Waals surface area contributed by atoms with E-state index in [1.54, 1.807) is 0 Å². The predicted molar refractivity (Wildman–Crippen MR) is 75.5 cm³/mol. The van der Waals surface area contributed by atoms with Crippen LogP contribution in [0.3, 0.4) is 0 Å². The molecular weight excluding hydrogens is 232 g/mol. The summed E-state index contributed by atoms with van der Waals surface area (Å²) in [6, 6.07) is 14.1. The maximum atomic E-state index is 6.09. The number of anilines is 3. The highest BCUT2D eigenvalue weighted by atomic mass is 35.5. The molecule has 0 aliphatic heterocycles. The van der Waals surface area contributed by atoms with Crippen LogP contribution in [0.5, 0.6) is 0 Å². The van der Waals surface area contributed by atoms with Gasteiger partial charge in [-0.15, -0.1) is 0 Å². The molecular formula is C14H15ClN2. The Kier molecular flexibility index (Phi) is 3.55. The molecule has 17 heavy (non-hydrogen) atoms. The fourth-order valence-electron chi connectivity index (χ4n) is 1.59. The zero-order chi connectivity index (χ0) is 12.3. The smallest absolute Gasteiger partial charge is 0.0455 e. The molecule has 2 nitrogen and oxygen atoms in total.